The van der Waals surface area contributed by atoms with Gasteiger partial charge in [-0.05, 0) is 74.2 Å². The molecule has 2 aliphatic heterocycles. The highest BCUT2D eigenvalue weighted by atomic mass is 16.5. The molecule has 0 radical (unpaired) electrons. The minimum absolute atomic E-state index is 0.0550. The number of nitrogens with zero attached hydrogens (tertiary/aromatic N) is 2. The number of aromatic hydroxyl groups is 1. The van der Waals surface area contributed by atoms with E-state index in [1.807, 2.05) is 36.4 Å². The van der Waals surface area contributed by atoms with Crippen LogP contribution in [-0.4, -0.2) is 55.4 Å². The molecular formula is C23H29N3O3. The summed E-state index contributed by atoms with van der Waals surface area (Å²) in [5, 5.41) is 12.6. The number of para-hydroxylation sites is 1. The second-order valence-corrected chi connectivity index (χ2v) is 7.86. The van der Waals surface area contributed by atoms with Gasteiger partial charge in [-0.15, -0.1) is 0 Å². The number of phenolic OH excluding ortho intramolecular Hbond substituents is 1. The van der Waals surface area contributed by atoms with Gasteiger partial charge in [0.2, 0.25) is 0 Å². The Morgan fingerprint density at radius 1 is 1.10 bits per heavy atom. The number of carbonyl (C=O) groups excluding carboxylic acids is 1. The SMILES string of the molecule is O=C(NCCN1CCC(COc2ccccc2)CC1)N1CCc2cc(O)ccc21. The molecule has 2 amide bonds. The minimum Gasteiger partial charge on any atom is -0.508 e. The number of piperidine rings is 1. The lowest BCUT2D eigenvalue weighted by atomic mass is 9.98. The zero-order valence-corrected chi connectivity index (χ0v) is 16.7. The summed E-state index contributed by atoms with van der Waals surface area (Å²) >= 11 is 0. The highest BCUT2D eigenvalue weighted by Gasteiger charge is 2.25. The Hall–Kier alpha value is -2.73. The van der Waals surface area contributed by atoms with Gasteiger partial charge in [0.1, 0.15) is 11.5 Å². The second kappa shape index (κ2) is 9.18. The molecule has 6 nitrogen and oxygen atoms in total. The van der Waals surface area contributed by atoms with Crippen molar-refractivity contribution in [2.45, 2.75) is 19.3 Å². The lowest BCUT2D eigenvalue weighted by Gasteiger charge is -2.32. The molecule has 2 aromatic carbocycles. The highest BCUT2D eigenvalue weighted by Crippen LogP contribution is 2.30. The average Bonchev–Trinajstić information content (AvgIpc) is 3.17. The summed E-state index contributed by atoms with van der Waals surface area (Å²) in [6.07, 6.45) is 3.04. The maximum absolute atomic E-state index is 12.5. The predicted octanol–water partition coefficient (Wildman–Crippen LogP) is 3.26. The smallest absolute Gasteiger partial charge is 0.321 e. The van der Waals surface area contributed by atoms with Gasteiger partial charge in [-0.25, -0.2) is 4.79 Å². The van der Waals surface area contributed by atoms with E-state index in [1.54, 1.807) is 17.0 Å². The van der Waals surface area contributed by atoms with Crippen LogP contribution in [0.5, 0.6) is 11.5 Å². The Morgan fingerprint density at radius 3 is 2.69 bits per heavy atom. The van der Waals surface area contributed by atoms with Crippen LogP contribution in [0.1, 0.15) is 18.4 Å². The number of nitrogens with one attached hydrogen (secondary N) is 1. The first-order chi connectivity index (χ1) is 14.2. The number of rotatable bonds is 6. The molecule has 2 N–H and O–H groups in total. The van der Waals surface area contributed by atoms with Crippen LogP contribution in [0, 0.1) is 5.92 Å². The van der Waals surface area contributed by atoms with Crippen molar-refractivity contribution in [2.75, 3.05) is 44.2 Å². The Balaban J connectivity index is 1.15. The third-order valence-corrected chi connectivity index (χ3v) is 5.84. The minimum atomic E-state index is -0.0550. The molecule has 0 aliphatic carbocycles. The van der Waals surface area contributed by atoms with Gasteiger partial charge in [0.15, 0.2) is 0 Å². The van der Waals surface area contributed by atoms with E-state index in [0.717, 1.165) is 62.5 Å². The number of benzene rings is 2. The van der Waals surface area contributed by atoms with Gasteiger partial charge >= 0.3 is 6.03 Å². The summed E-state index contributed by atoms with van der Waals surface area (Å²) in [6.45, 7) is 5.05. The number of hydrogen-bond acceptors (Lipinski definition) is 4. The number of hydrogen-bond donors (Lipinski definition) is 2. The molecule has 0 aromatic heterocycles. The molecule has 4 rings (SSSR count). The van der Waals surface area contributed by atoms with Gasteiger partial charge in [0.25, 0.3) is 0 Å². The van der Waals surface area contributed by atoms with Gasteiger partial charge in [-0.1, -0.05) is 18.2 Å². The third-order valence-electron chi connectivity index (χ3n) is 5.84. The first kappa shape index (κ1) is 19.6. The molecular weight excluding hydrogens is 366 g/mol. The van der Waals surface area contributed by atoms with Crippen molar-refractivity contribution in [3.63, 3.8) is 0 Å². The van der Waals surface area contributed by atoms with Crippen LogP contribution in [0.15, 0.2) is 48.5 Å². The fraction of sp³-hybridized carbons (Fsp3) is 0.435. The normalized spacial score (nSPS) is 17.2. The molecule has 1 saturated heterocycles. The van der Waals surface area contributed by atoms with Gasteiger partial charge in [-0.2, -0.15) is 0 Å². The molecule has 2 aliphatic rings. The molecule has 2 heterocycles. The maximum atomic E-state index is 12.5. The number of carbonyl (C=O) groups is 1. The highest BCUT2D eigenvalue weighted by molar-refractivity contribution is 5.94. The van der Waals surface area contributed by atoms with Crippen molar-refractivity contribution >= 4 is 11.7 Å². The van der Waals surface area contributed by atoms with Crippen LogP contribution < -0.4 is 15.0 Å². The number of fused-ring (bicyclic) bond motifs is 1. The second-order valence-electron chi connectivity index (χ2n) is 7.86. The number of anilines is 1. The number of likely N-dealkylation sites (tertiary alicyclic amines) is 1. The molecule has 0 atom stereocenters. The van der Waals surface area contributed by atoms with Gasteiger partial charge in [0.05, 0.1) is 6.61 Å². The molecule has 0 saturated carbocycles. The van der Waals surface area contributed by atoms with Crippen molar-refractivity contribution in [1.82, 2.24) is 10.2 Å². The van der Waals surface area contributed by atoms with Crippen molar-refractivity contribution < 1.29 is 14.6 Å². The summed E-state index contributed by atoms with van der Waals surface area (Å²) < 4.78 is 5.89. The monoisotopic (exact) mass is 395 g/mol. The van der Waals surface area contributed by atoms with E-state index >= 15 is 0 Å². The molecule has 29 heavy (non-hydrogen) atoms. The summed E-state index contributed by atoms with van der Waals surface area (Å²) in [4.78, 5) is 16.7. The van der Waals surface area contributed by atoms with Crippen LogP contribution in [-0.2, 0) is 6.42 Å². The fourth-order valence-electron chi connectivity index (χ4n) is 4.12. The van der Waals surface area contributed by atoms with Crippen molar-refractivity contribution in [3.8, 4) is 11.5 Å². The van der Waals surface area contributed by atoms with Gasteiger partial charge in [-0.3, -0.25) is 4.90 Å². The summed E-state index contributed by atoms with van der Waals surface area (Å²) in [5.41, 5.74) is 1.93. The van der Waals surface area contributed by atoms with Crippen LogP contribution in [0.2, 0.25) is 0 Å². The Kier molecular flexibility index (Phi) is 6.20. The Morgan fingerprint density at radius 2 is 1.90 bits per heavy atom. The van der Waals surface area contributed by atoms with Crippen molar-refractivity contribution in [3.05, 3.63) is 54.1 Å². The van der Waals surface area contributed by atoms with Crippen LogP contribution >= 0.6 is 0 Å². The fourth-order valence-corrected chi connectivity index (χ4v) is 4.12. The quantitative estimate of drug-likeness (QED) is 0.788. The summed E-state index contributed by atoms with van der Waals surface area (Å²) in [5.74, 6) is 1.79. The standard InChI is InChI=1S/C23H29N3O3/c27-20-6-7-22-19(16-20)10-14-26(22)23(28)24-11-15-25-12-8-18(9-13-25)17-29-21-4-2-1-3-5-21/h1-7,16,18,27H,8-15,17H2,(H,24,28). The van der Waals surface area contributed by atoms with E-state index in [-0.39, 0.29) is 11.8 Å². The van der Waals surface area contributed by atoms with E-state index in [9.17, 15) is 9.90 Å². The molecule has 0 unspecified atom stereocenters. The molecule has 1 fully saturated rings. The van der Waals surface area contributed by atoms with Crippen LogP contribution in [0.25, 0.3) is 0 Å². The lowest BCUT2D eigenvalue weighted by Crippen LogP contribution is -2.44. The van der Waals surface area contributed by atoms with E-state index in [0.29, 0.717) is 19.0 Å². The van der Waals surface area contributed by atoms with Crippen molar-refractivity contribution in [1.29, 1.82) is 0 Å². The summed E-state index contributed by atoms with van der Waals surface area (Å²) in [7, 11) is 0. The number of phenols is 1. The van der Waals surface area contributed by atoms with Crippen LogP contribution in [0.3, 0.4) is 0 Å². The topological polar surface area (TPSA) is 65.0 Å². The maximum Gasteiger partial charge on any atom is 0.321 e. The van der Waals surface area contributed by atoms with E-state index in [1.165, 1.54) is 0 Å². The predicted molar refractivity (Wildman–Crippen MR) is 114 cm³/mol. The van der Waals surface area contributed by atoms with E-state index in [2.05, 4.69) is 10.2 Å². The molecule has 6 heteroatoms. The van der Waals surface area contributed by atoms with E-state index < -0.39 is 0 Å². The van der Waals surface area contributed by atoms with Crippen LogP contribution in [0.4, 0.5) is 10.5 Å². The number of ether oxygens (including phenoxy) is 1. The van der Waals surface area contributed by atoms with Gasteiger partial charge in [0, 0.05) is 25.3 Å². The van der Waals surface area contributed by atoms with E-state index in [4.69, 9.17) is 4.74 Å². The largest absolute Gasteiger partial charge is 0.508 e. The Bertz CT molecular complexity index is 819. The average molecular weight is 396 g/mol. The molecule has 2 aromatic rings. The molecule has 0 bridgehead atoms. The zero-order valence-electron chi connectivity index (χ0n) is 16.7. The number of amides is 2. The molecule has 0 spiro atoms. The third kappa shape index (κ3) is 5.01. The Labute approximate surface area is 172 Å². The van der Waals surface area contributed by atoms with Gasteiger partial charge < -0.3 is 20.1 Å². The summed E-state index contributed by atoms with van der Waals surface area (Å²) in [6, 6.07) is 15.1. The van der Waals surface area contributed by atoms with Crippen molar-refractivity contribution in [2.24, 2.45) is 5.92 Å². The first-order valence-electron chi connectivity index (χ1n) is 10.5. The zero-order chi connectivity index (χ0) is 20.1. The first-order valence-corrected chi connectivity index (χ1v) is 10.5. The lowest BCUT2D eigenvalue weighted by molar-refractivity contribution is 0.142. The number of urea groups is 1. The molecule has 154 valence electrons.